The van der Waals surface area contributed by atoms with Crippen molar-refractivity contribution >= 4 is 11.9 Å². The number of aliphatic carboxylic acids is 1. The van der Waals surface area contributed by atoms with Gasteiger partial charge in [-0.2, -0.15) is 0 Å². The molecule has 1 saturated heterocycles. The minimum absolute atomic E-state index is 0.141. The monoisotopic (exact) mass is 256 g/mol. The summed E-state index contributed by atoms with van der Waals surface area (Å²) in [5, 5.41) is 11.8. The predicted molar refractivity (Wildman–Crippen MR) is 69.3 cm³/mol. The van der Waals surface area contributed by atoms with Gasteiger partial charge < -0.3 is 15.3 Å². The summed E-state index contributed by atoms with van der Waals surface area (Å²) in [7, 11) is 1.83. The van der Waals surface area contributed by atoms with Crippen molar-refractivity contribution in [1.82, 2.24) is 10.2 Å². The Labute approximate surface area is 109 Å². The maximum Gasteiger partial charge on any atom is 0.303 e. The third-order valence-electron chi connectivity index (χ3n) is 3.70. The lowest BCUT2D eigenvalue weighted by atomic mass is 9.84. The maximum absolute atomic E-state index is 11.9. The van der Waals surface area contributed by atoms with Crippen LogP contribution in [0.2, 0.25) is 0 Å². The molecular formula is C13H24N2O3. The Hall–Kier alpha value is -1.10. The second-order valence-electron chi connectivity index (χ2n) is 5.17. The van der Waals surface area contributed by atoms with Crippen LogP contribution in [0.3, 0.4) is 0 Å². The van der Waals surface area contributed by atoms with Gasteiger partial charge in [-0.25, -0.2) is 0 Å². The van der Waals surface area contributed by atoms with Crippen molar-refractivity contribution in [3.8, 4) is 0 Å². The predicted octanol–water partition coefficient (Wildman–Crippen LogP) is 0.945. The summed E-state index contributed by atoms with van der Waals surface area (Å²) in [5.41, 5.74) is 0. The van der Waals surface area contributed by atoms with Gasteiger partial charge >= 0.3 is 5.97 Å². The van der Waals surface area contributed by atoms with E-state index in [0.29, 0.717) is 18.9 Å². The number of hydrogen-bond acceptors (Lipinski definition) is 3. The topological polar surface area (TPSA) is 69.6 Å². The van der Waals surface area contributed by atoms with Crippen LogP contribution < -0.4 is 5.32 Å². The average Bonchev–Trinajstić information content (AvgIpc) is 2.35. The first-order valence-corrected chi connectivity index (χ1v) is 6.68. The zero-order chi connectivity index (χ0) is 13.5. The summed E-state index contributed by atoms with van der Waals surface area (Å²) in [5.74, 6) is -0.103. The molecule has 0 aliphatic carbocycles. The molecule has 0 saturated carbocycles. The van der Waals surface area contributed by atoms with E-state index in [1.165, 1.54) is 0 Å². The van der Waals surface area contributed by atoms with E-state index in [1.807, 2.05) is 18.9 Å². The number of likely N-dealkylation sites (tertiary alicyclic amines) is 1. The van der Waals surface area contributed by atoms with Crippen molar-refractivity contribution in [3.05, 3.63) is 0 Å². The van der Waals surface area contributed by atoms with E-state index in [9.17, 15) is 9.59 Å². The van der Waals surface area contributed by atoms with Gasteiger partial charge in [0.15, 0.2) is 0 Å². The fourth-order valence-corrected chi connectivity index (χ4v) is 2.53. The Morgan fingerprint density at radius 1 is 1.50 bits per heavy atom. The molecule has 104 valence electrons. The fourth-order valence-electron chi connectivity index (χ4n) is 2.53. The summed E-state index contributed by atoms with van der Waals surface area (Å²) in [6.45, 7) is 4.21. The number of piperidine rings is 1. The van der Waals surface area contributed by atoms with Crippen LogP contribution in [-0.2, 0) is 9.59 Å². The highest BCUT2D eigenvalue weighted by molar-refractivity contribution is 5.76. The van der Waals surface area contributed by atoms with Crippen molar-refractivity contribution in [3.63, 3.8) is 0 Å². The number of carboxylic acids is 1. The molecule has 2 unspecified atom stereocenters. The van der Waals surface area contributed by atoms with E-state index < -0.39 is 5.97 Å². The molecule has 0 radical (unpaired) electrons. The van der Waals surface area contributed by atoms with Crippen LogP contribution >= 0.6 is 0 Å². The van der Waals surface area contributed by atoms with Gasteiger partial charge in [0.2, 0.25) is 5.91 Å². The molecule has 5 nitrogen and oxygen atoms in total. The van der Waals surface area contributed by atoms with Crippen LogP contribution in [0, 0.1) is 11.8 Å². The molecule has 1 heterocycles. The van der Waals surface area contributed by atoms with E-state index in [0.717, 1.165) is 25.9 Å². The molecule has 2 atom stereocenters. The molecule has 1 aliphatic rings. The Kier molecular flexibility index (Phi) is 6.12. The number of carboxylic acid groups (broad SMARTS) is 1. The van der Waals surface area contributed by atoms with Crippen molar-refractivity contribution in [2.45, 2.75) is 32.6 Å². The van der Waals surface area contributed by atoms with Gasteiger partial charge in [0.25, 0.3) is 0 Å². The summed E-state index contributed by atoms with van der Waals surface area (Å²) in [4.78, 5) is 24.5. The van der Waals surface area contributed by atoms with Gasteiger partial charge in [-0.05, 0) is 31.7 Å². The van der Waals surface area contributed by atoms with Crippen LogP contribution in [0.5, 0.6) is 0 Å². The SMILES string of the molecule is CNCCC(=O)N1CCCC(C(C)CC(=O)O)C1. The molecule has 0 spiro atoms. The Bertz CT molecular complexity index is 294. The lowest BCUT2D eigenvalue weighted by Gasteiger charge is -2.35. The first-order chi connectivity index (χ1) is 8.54. The number of nitrogens with one attached hydrogen (secondary N) is 1. The highest BCUT2D eigenvalue weighted by atomic mass is 16.4. The maximum atomic E-state index is 11.9. The van der Waals surface area contributed by atoms with Gasteiger partial charge in [0, 0.05) is 32.5 Å². The summed E-state index contributed by atoms with van der Waals surface area (Å²) in [6.07, 6.45) is 2.74. The summed E-state index contributed by atoms with van der Waals surface area (Å²) < 4.78 is 0. The van der Waals surface area contributed by atoms with Gasteiger partial charge in [-0.3, -0.25) is 9.59 Å². The van der Waals surface area contributed by atoms with Crippen molar-refractivity contribution < 1.29 is 14.7 Å². The second-order valence-corrected chi connectivity index (χ2v) is 5.17. The minimum atomic E-state index is -0.749. The van der Waals surface area contributed by atoms with Gasteiger partial charge in [0.05, 0.1) is 0 Å². The molecule has 1 aliphatic heterocycles. The molecule has 2 N–H and O–H groups in total. The largest absolute Gasteiger partial charge is 0.481 e. The zero-order valence-corrected chi connectivity index (χ0v) is 11.3. The molecule has 5 heteroatoms. The van der Waals surface area contributed by atoms with Crippen LogP contribution in [0.25, 0.3) is 0 Å². The molecule has 18 heavy (non-hydrogen) atoms. The lowest BCUT2D eigenvalue weighted by Crippen LogP contribution is -2.42. The third kappa shape index (κ3) is 4.64. The highest BCUT2D eigenvalue weighted by Crippen LogP contribution is 2.26. The van der Waals surface area contributed by atoms with E-state index in [1.54, 1.807) is 0 Å². The first-order valence-electron chi connectivity index (χ1n) is 6.68. The quantitative estimate of drug-likeness (QED) is 0.742. The van der Waals surface area contributed by atoms with Crippen molar-refractivity contribution in [2.24, 2.45) is 11.8 Å². The van der Waals surface area contributed by atoms with Gasteiger partial charge in [-0.1, -0.05) is 6.92 Å². The van der Waals surface area contributed by atoms with E-state index >= 15 is 0 Å². The average molecular weight is 256 g/mol. The van der Waals surface area contributed by atoms with Crippen molar-refractivity contribution in [1.29, 1.82) is 0 Å². The molecule has 0 aromatic heterocycles. The van der Waals surface area contributed by atoms with Crippen molar-refractivity contribution in [2.75, 3.05) is 26.7 Å². The summed E-state index contributed by atoms with van der Waals surface area (Å²) >= 11 is 0. The lowest BCUT2D eigenvalue weighted by molar-refractivity contribution is -0.138. The van der Waals surface area contributed by atoms with Gasteiger partial charge in [-0.15, -0.1) is 0 Å². The molecule has 1 rings (SSSR count). The molecule has 0 aromatic carbocycles. The third-order valence-corrected chi connectivity index (χ3v) is 3.70. The second kappa shape index (κ2) is 7.36. The molecule has 1 amide bonds. The number of carbonyl (C=O) groups is 2. The van der Waals surface area contributed by atoms with E-state index in [2.05, 4.69) is 5.32 Å². The minimum Gasteiger partial charge on any atom is -0.481 e. The number of carbonyl (C=O) groups excluding carboxylic acids is 1. The number of nitrogens with zero attached hydrogens (tertiary/aromatic N) is 1. The number of hydrogen-bond donors (Lipinski definition) is 2. The molecule has 0 aromatic rings. The summed E-state index contributed by atoms with van der Waals surface area (Å²) in [6, 6.07) is 0. The first kappa shape index (κ1) is 15.0. The normalized spacial score (nSPS) is 21.7. The fraction of sp³-hybridized carbons (Fsp3) is 0.846. The molecule has 1 fully saturated rings. The van der Waals surface area contributed by atoms with Crippen LogP contribution in [0.4, 0.5) is 0 Å². The number of amides is 1. The zero-order valence-electron chi connectivity index (χ0n) is 11.3. The van der Waals surface area contributed by atoms with Gasteiger partial charge in [0.1, 0.15) is 0 Å². The molecule has 0 bridgehead atoms. The highest BCUT2D eigenvalue weighted by Gasteiger charge is 2.27. The smallest absolute Gasteiger partial charge is 0.303 e. The Morgan fingerprint density at radius 3 is 2.83 bits per heavy atom. The molecular weight excluding hydrogens is 232 g/mol. The van der Waals surface area contributed by atoms with E-state index in [-0.39, 0.29) is 18.2 Å². The number of rotatable bonds is 6. The van der Waals surface area contributed by atoms with Crippen LogP contribution in [0.1, 0.15) is 32.6 Å². The van der Waals surface area contributed by atoms with Crippen LogP contribution in [-0.4, -0.2) is 48.6 Å². The van der Waals surface area contributed by atoms with Crippen LogP contribution in [0.15, 0.2) is 0 Å². The Balaban J connectivity index is 2.44. The van der Waals surface area contributed by atoms with E-state index in [4.69, 9.17) is 5.11 Å². The Morgan fingerprint density at radius 2 is 2.22 bits per heavy atom. The standard InChI is InChI=1S/C13H24N2O3/c1-10(8-13(17)18)11-4-3-7-15(9-11)12(16)5-6-14-2/h10-11,14H,3-9H2,1-2H3,(H,17,18).